The summed E-state index contributed by atoms with van der Waals surface area (Å²) in [7, 11) is 0. The second-order valence-corrected chi connectivity index (χ2v) is 4.79. The molecular formula is C16H11ClFN3O2. The van der Waals surface area contributed by atoms with E-state index in [4.69, 9.17) is 21.7 Å². The van der Waals surface area contributed by atoms with Crippen LogP contribution in [-0.2, 0) is 9.63 Å². The van der Waals surface area contributed by atoms with Crippen molar-refractivity contribution >= 4 is 29.4 Å². The highest BCUT2D eigenvalue weighted by molar-refractivity contribution is 6.32. The molecule has 0 fully saturated rings. The van der Waals surface area contributed by atoms with E-state index in [1.807, 2.05) is 6.07 Å². The molecule has 1 N–H and O–H groups in total. The van der Waals surface area contributed by atoms with Crippen LogP contribution in [0.3, 0.4) is 0 Å². The standard InChI is InChI=1S/C16H11ClFN3O2/c17-14-7-13(6-5-11(14)8-19)21-16(22)10-23-20-9-12-3-1-2-4-15(12)18/h1-7,9H,10H2,(H,21,22)/b20-9-. The van der Waals surface area contributed by atoms with Crippen LogP contribution >= 0.6 is 11.6 Å². The zero-order chi connectivity index (χ0) is 16.7. The highest BCUT2D eigenvalue weighted by atomic mass is 35.5. The predicted molar refractivity (Wildman–Crippen MR) is 84.7 cm³/mol. The minimum Gasteiger partial charge on any atom is -0.386 e. The summed E-state index contributed by atoms with van der Waals surface area (Å²) in [5, 5.41) is 15.1. The predicted octanol–water partition coefficient (Wildman–Crippen LogP) is 3.34. The van der Waals surface area contributed by atoms with E-state index in [2.05, 4.69) is 10.5 Å². The average molecular weight is 332 g/mol. The van der Waals surface area contributed by atoms with Gasteiger partial charge in [-0.1, -0.05) is 35.0 Å². The van der Waals surface area contributed by atoms with E-state index in [9.17, 15) is 9.18 Å². The Hall–Kier alpha value is -2.91. The summed E-state index contributed by atoms with van der Waals surface area (Å²) in [4.78, 5) is 16.5. The van der Waals surface area contributed by atoms with Crippen molar-refractivity contribution in [3.05, 3.63) is 64.4 Å². The first kappa shape index (κ1) is 16.5. The number of anilines is 1. The molecule has 0 bridgehead atoms. The summed E-state index contributed by atoms with van der Waals surface area (Å²) < 4.78 is 13.3. The first-order valence-electron chi connectivity index (χ1n) is 6.49. The fraction of sp³-hybridized carbons (Fsp3) is 0.0625. The van der Waals surface area contributed by atoms with Crippen molar-refractivity contribution in [1.82, 2.24) is 0 Å². The first-order chi connectivity index (χ1) is 11.1. The molecule has 0 radical (unpaired) electrons. The average Bonchev–Trinajstić information content (AvgIpc) is 2.53. The molecule has 0 aliphatic carbocycles. The summed E-state index contributed by atoms with van der Waals surface area (Å²) in [6.07, 6.45) is 1.18. The molecule has 0 aromatic heterocycles. The van der Waals surface area contributed by atoms with E-state index in [0.29, 0.717) is 11.3 Å². The molecule has 0 aliphatic rings. The van der Waals surface area contributed by atoms with Gasteiger partial charge in [0.15, 0.2) is 6.61 Å². The largest absolute Gasteiger partial charge is 0.386 e. The van der Waals surface area contributed by atoms with E-state index >= 15 is 0 Å². The van der Waals surface area contributed by atoms with Gasteiger partial charge in [0.25, 0.3) is 5.91 Å². The molecular weight excluding hydrogens is 321 g/mol. The van der Waals surface area contributed by atoms with Crippen LogP contribution in [0.5, 0.6) is 0 Å². The van der Waals surface area contributed by atoms with Crippen LogP contribution in [0.1, 0.15) is 11.1 Å². The summed E-state index contributed by atoms with van der Waals surface area (Å²) in [6.45, 7) is -0.345. The Labute approximate surface area is 136 Å². The number of nitriles is 1. The number of hydrogen-bond acceptors (Lipinski definition) is 4. The van der Waals surface area contributed by atoms with Crippen LogP contribution in [0.15, 0.2) is 47.6 Å². The lowest BCUT2D eigenvalue weighted by Gasteiger charge is -2.05. The van der Waals surface area contributed by atoms with Crippen LogP contribution in [0.2, 0.25) is 5.02 Å². The highest BCUT2D eigenvalue weighted by Crippen LogP contribution is 2.20. The molecule has 23 heavy (non-hydrogen) atoms. The molecule has 0 heterocycles. The molecule has 0 unspecified atom stereocenters. The van der Waals surface area contributed by atoms with Gasteiger partial charge in [0.2, 0.25) is 0 Å². The van der Waals surface area contributed by atoms with Gasteiger partial charge in [-0.05, 0) is 24.3 Å². The fourth-order valence-electron chi connectivity index (χ4n) is 1.65. The molecule has 0 atom stereocenters. The Bertz CT molecular complexity index is 787. The van der Waals surface area contributed by atoms with E-state index in [0.717, 1.165) is 0 Å². The van der Waals surface area contributed by atoms with Crippen molar-refractivity contribution in [3.8, 4) is 6.07 Å². The van der Waals surface area contributed by atoms with E-state index in [-0.39, 0.29) is 17.2 Å². The van der Waals surface area contributed by atoms with Gasteiger partial charge >= 0.3 is 0 Å². The van der Waals surface area contributed by atoms with Gasteiger partial charge in [0.1, 0.15) is 11.9 Å². The molecule has 0 saturated carbocycles. The topological polar surface area (TPSA) is 74.5 Å². The zero-order valence-electron chi connectivity index (χ0n) is 11.8. The number of amides is 1. The Morgan fingerprint density at radius 1 is 1.39 bits per heavy atom. The molecule has 1 amide bonds. The second kappa shape index (κ2) is 7.92. The van der Waals surface area contributed by atoms with Crippen LogP contribution in [0.4, 0.5) is 10.1 Å². The molecule has 116 valence electrons. The quantitative estimate of drug-likeness (QED) is 0.674. The van der Waals surface area contributed by atoms with Gasteiger partial charge in [0, 0.05) is 11.3 Å². The van der Waals surface area contributed by atoms with Crippen molar-refractivity contribution in [2.75, 3.05) is 11.9 Å². The third-order valence-corrected chi connectivity index (χ3v) is 3.05. The number of halogens is 2. The third-order valence-electron chi connectivity index (χ3n) is 2.74. The van der Waals surface area contributed by atoms with Gasteiger partial charge in [-0.15, -0.1) is 0 Å². The van der Waals surface area contributed by atoms with Crippen LogP contribution < -0.4 is 5.32 Å². The number of carbonyl (C=O) groups excluding carboxylic acids is 1. The number of oxime groups is 1. The van der Waals surface area contributed by atoms with Crippen LogP contribution in [-0.4, -0.2) is 18.7 Å². The lowest BCUT2D eigenvalue weighted by molar-refractivity contribution is -0.120. The Balaban J connectivity index is 1.85. The number of rotatable bonds is 5. The second-order valence-electron chi connectivity index (χ2n) is 4.38. The highest BCUT2D eigenvalue weighted by Gasteiger charge is 2.05. The maximum atomic E-state index is 13.3. The minimum atomic E-state index is -0.462. The van der Waals surface area contributed by atoms with E-state index in [1.165, 1.54) is 30.5 Å². The molecule has 0 aliphatic heterocycles. The first-order valence-corrected chi connectivity index (χ1v) is 6.87. The molecule has 2 rings (SSSR count). The van der Waals surface area contributed by atoms with E-state index in [1.54, 1.807) is 18.2 Å². The van der Waals surface area contributed by atoms with Crippen molar-refractivity contribution in [2.24, 2.45) is 5.16 Å². The molecule has 0 spiro atoms. The molecule has 2 aromatic rings. The Kier molecular flexibility index (Phi) is 5.67. The van der Waals surface area contributed by atoms with Crippen molar-refractivity contribution in [3.63, 3.8) is 0 Å². The maximum absolute atomic E-state index is 13.3. The Morgan fingerprint density at radius 3 is 2.87 bits per heavy atom. The molecule has 2 aromatic carbocycles. The number of benzene rings is 2. The van der Waals surface area contributed by atoms with Gasteiger partial charge in [-0.2, -0.15) is 5.26 Å². The number of carbonyl (C=O) groups is 1. The maximum Gasteiger partial charge on any atom is 0.265 e. The van der Waals surface area contributed by atoms with E-state index < -0.39 is 11.7 Å². The lowest BCUT2D eigenvalue weighted by Crippen LogP contribution is -2.17. The molecule has 5 nitrogen and oxygen atoms in total. The van der Waals surface area contributed by atoms with Crippen LogP contribution in [0.25, 0.3) is 0 Å². The number of hydrogen-bond donors (Lipinski definition) is 1. The zero-order valence-corrected chi connectivity index (χ0v) is 12.5. The van der Waals surface area contributed by atoms with Crippen LogP contribution in [0, 0.1) is 17.1 Å². The van der Waals surface area contributed by atoms with Gasteiger partial charge < -0.3 is 10.2 Å². The third kappa shape index (κ3) is 4.80. The van der Waals surface area contributed by atoms with Crippen molar-refractivity contribution < 1.29 is 14.0 Å². The summed E-state index contributed by atoms with van der Waals surface area (Å²) in [5.41, 5.74) is 1.00. The smallest absolute Gasteiger partial charge is 0.265 e. The summed E-state index contributed by atoms with van der Waals surface area (Å²) in [6, 6.07) is 12.5. The molecule has 0 saturated heterocycles. The molecule has 7 heteroatoms. The van der Waals surface area contributed by atoms with Gasteiger partial charge in [0.05, 0.1) is 16.8 Å². The summed E-state index contributed by atoms with van der Waals surface area (Å²) >= 11 is 5.86. The SMILES string of the molecule is N#Cc1ccc(NC(=O)CO/N=C\c2ccccc2F)cc1Cl. The Morgan fingerprint density at radius 2 is 2.17 bits per heavy atom. The summed E-state index contributed by atoms with van der Waals surface area (Å²) in [5.74, 6) is -0.895. The van der Waals surface area contributed by atoms with Crippen molar-refractivity contribution in [1.29, 1.82) is 5.26 Å². The van der Waals surface area contributed by atoms with Crippen molar-refractivity contribution in [2.45, 2.75) is 0 Å². The minimum absolute atomic E-state index is 0.240. The number of nitrogens with zero attached hydrogens (tertiary/aromatic N) is 2. The van der Waals surface area contributed by atoms with Gasteiger partial charge in [-0.3, -0.25) is 4.79 Å². The monoisotopic (exact) mass is 331 g/mol. The lowest BCUT2D eigenvalue weighted by atomic mass is 10.2. The fourth-order valence-corrected chi connectivity index (χ4v) is 1.87. The van der Waals surface area contributed by atoms with Gasteiger partial charge in [-0.25, -0.2) is 4.39 Å². The normalized spacial score (nSPS) is 10.3. The number of nitrogens with one attached hydrogen (secondary N) is 1.